The van der Waals surface area contributed by atoms with E-state index in [9.17, 15) is 0 Å². The predicted molar refractivity (Wildman–Crippen MR) is 407 cm³/mol. The Balaban J connectivity index is 1.10. The number of nitrogens with zero attached hydrogens (tertiary/aromatic N) is 3. The minimum Gasteiger partial charge on any atom is -0.311 e. The number of benzene rings is 10. The summed E-state index contributed by atoms with van der Waals surface area (Å²) in [6, 6.07) is 75.2. The Morgan fingerprint density at radius 1 is 0.362 bits per heavy atom. The Morgan fingerprint density at radius 3 is 1.21 bits per heavy atom. The van der Waals surface area contributed by atoms with Crippen LogP contribution in [0.4, 0.5) is 51.2 Å². The molecule has 0 radical (unpaired) electrons. The molecule has 0 atom stereocenters. The molecule has 5 aliphatic rings. The number of hydrogen-bond acceptors (Lipinski definition) is 4. The summed E-state index contributed by atoms with van der Waals surface area (Å²) in [7, 11) is 0. The van der Waals surface area contributed by atoms with Crippen molar-refractivity contribution in [1.82, 2.24) is 0 Å². The third-order valence-corrected chi connectivity index (χ3v) is 25.1. The lowest BCUT2D eigenvalue weighted by atomic mass is 9.32. The quantitative estimate of drug-likeness (QED) is 0.159. The van der Waals surface area contributed by atoms with E-state index in [4.69, 9.17) is 0 Å². The minimum absolute atomic E-state index is 0.0231. The van der Waals surface area contributed by atoms with Gasteiger partial charge in [0.1, 0.15) is 0 Å². The molecule has 5 heteroatoms. The third-order valence-electron chi connectivity index (χ3n) is 23.8. The standard InChI is InChI=1S/C89H92BN3S/c1-53-45-65-66(85(10,11)44-43-84(65,8)9)50-74(53)93-76-52-70-68(87(14,15)62-30-22-24-32-64(62)89(70,18)19)49-72(76)90-71-48-67-69(88(16,17)63-31-23-21-29-61(63)86(67,12)13)51-75(71)92(73-33-26-28-60-59-27-20-25-34-79(59)94-81(60)73)77-46-58(47-78(93)80(77)90)91(56-39-35-54(36-40-56)82(2,3)4)57-41-37-55(38-42-57)83(5,6)7/h20-42,45-52H,43-44H2,1-19H3. The van der Waals surface area contributed by atoms with Gasteiger partial charge in [-0.1, -0.05) is 246 Å². The van der Waals surface area contributed by atoms with Gasteiger partial charge in [0, 0.05) is 76.9 Å². The van der Waals surface area contributed by atoms with Crippen LogP contribution >= 0.6 is 11.3 Å². The molecule has 3 nitrogen and oxygen atoms in total. The minimum atomic E-state index is -0.302. The summed E-state index contributed by atoms with van der Waals surface area (Å²) in [6.07, 6.45) is 2.28. The zero-order valence-electron chi connectivity index (χ0n) is 59.1. The van der Waals surface area contributed by atoms with Crippen LogP contribution in [0.5, 0.6) is 0 Å². The Morgan fingerprint density at radius 2 is 0.755 bits per heavy atom. The van der Waals surface area contributed by atoms with Gasteiger partial charge in [-0.05, 0) is 197 Å². The lowest BCUT2D eigenvalue weighted by Gasteiger charge is -2.50. The first-order valence-electron chi connectivity index (χ1n) is 34.7. The zero-order valence-corrected chi connectivity index (χ0v) is 60.0. The smallest absolute Gasteiger partial charge is 0.252 e. The van der Waals surface area contributed by atoms with Crippen molar-refractivity contribution in [2.75, 3.05) is 14.7 Å². The number of aryl methyl sites for hydroxylation is 1. The molecule has 3 aliphatic carbocycles. The number of thiophene rings is 1. The fourth-order valence-electron chi connectivity index (χ4n) is 18.0. The molecule has 0 bridgehead atoms. The van der Waals surface area contributed by atoms with Crippen molar-refractivity contribution in [3.63, 3.8) is 0 Å². The molecule has 0 fully saturated rings. The summed E-state index contributed by atoms with van der Waals surface area (Å²) in [4.78, 5) is 8.12. The number of fused-ring (bicyclic) bond motifs is 12. The highest BCUT2D eigenvalue weighted by atomic mass is 32.1. The monoisotopic (exact) mass is 1250 g/mol. The summed E-state index contributed by atoms with van der Waals surface area (Å²) >= 11 is 1.93. The van der Waals surface area contributed by atoms with Gasteiger partial charge in [-0.3, -0.25) is 0 Å². The summed E-state index contributed by atoms with van der Waals surface area (Å²) in [5.74, 6) is 0. The molecule has 0 unspecified atom stereocenters. The highest BCUT2D eigenvalue weighted by Gasteiger charge is 2.51. The summed E-state index contributed by atoms with van der Waals surface area (Å²) < 4.78 is 2.60. The maximum atomic E-state index is 2.79. The van der Waals surface area contributed by atoms with E-state index in [1.807, 2.05) is 11.3 Å². The van der Waals surface area contributed by atoms with Crippen LogP contribution in [-0.2, 0) is 43.3 Å². The molecule has 0 N–H and O–H groups in total. The first kappa shape index (κ1) is 60.8. The first-order chi connectivity index (χ1) is 44.3. The second-order valence-corrected chi connectivity index (χ2v) is 35.2. The molecule has 2 aliphatic heterocycles. The van der Waals surface area contributed by atoms with Crippen LogP contribution in [0.3, 0.4) is 0 Å². The van der Waals surface area contributed by atoms with E-state index in [1.165, 1.54) is 143 Å². The van der Waals surface area contributed by atoms with Gasteiger partial charge in [0.15, 0.2) is 0 Å². The molecular formula is C89H92BN3S. The van der Waals surface area contributed by atoms with Gasteiger partial charge in [-0.2, -0.15) is 0 Å². The molecule has 94 heavy (non-hydrogen) atoms. The van der Waals surface area contributed by atoms with Gasteiger partial charge < -0.3 is 14.7 Å². The van der Waals surface area contributed by atoms with Crippen LogP contribution in [0.2, 0.25) is 0 Å². The van der Waals surface area contributed by atoms with Crippen molar-refractivity contribution in [3.8, 4) is 0 Å². The van der Waals surface area contributed by atoms with Crippen molar-refractivity contribution in [2.45, 2.75) is 188 Å². The van der Waals surface area contributed by atoms with E-state index in [1.54, 1.807) is 0 Å². The van der Waals surface area contributed by atoms with Crippen molar-refractivity contribution in [2.24, 2.45) is 0 Å². The molecule has 10 aromatic carbocycles. The summed E-state index contributed by atoms with van der Waals surface area (Å²) in [5.41, 5.74) is 31.7. The fourth-order valence-corrected chi connectivity index (χ4v) is 19.2. The van der Waals surface area contributed by atoms with E-state index in [0.717, 1.165) is 29.9 Å². The van der Waals surface area contributed by atoms with Crippen LogP contribution in [0, 0.1) is 6.92 Å². The van der Waals surface area contributed by atoms with Crippen molar-refractivity contribution < 1.29 is 0 Å². The van der Waals surface area contributed by atoms with Gasteiger partial charge in [0.25, 0.3) is 6.71 Å². The van der Waals surface area contributed by atoms with Crippen LogP contribution in [-0.4, -0.2) is 6.71 Å². The highest BCUT2D eigenvalue weighted by Crippen LogP contribution is 2.59. The largest absolute Gasteiger partial charge is 0.311 e. The normalized spacial score (nSPS) is 17.9. The van der Waals surface area contributed by atoms with E-state index >= 15 is 0 Å². The van der Waals surface area contributed by atoms with Gasteiger partial charge in [0.2, 0.25) is 0 Å². The van der Waals surface area contributed by atoms with Gasteiger partial charge in [-0.25, -0.2) is 0 Å². The molecule has 0 saturated carbocycles. The third kappa shape index (κ3) is 8.67. The van der Waals surface area contributed by atoms with Crippen molar-refractivity contribution in [1.29, 1.82) is 0 Å². The second kappa shape index (κ2) is 20.0. The molecule has 1 aromatic heterocycles. The van der Waals surface area contributed by atoms with Gasteiger partial charge in [0.05, 0.1) is 16.1 Å². The Kier molecular flexibility index (Phi) is 12.9. The predicted octanol–water partition coefficient (Wildman–Crippen LogP) is 22.8. The van der Waals surface area contributed by atoms with Crippen LogP contribution in [0.25, 0.3) is 20.2 Å². The lowest BCUT2D eigenvalue weighted by molar-refractivity contribution is 0.332. The van der Waals surface area contributed by atoms with Gasteiger partial charge >= 0.3 is 0 Å². The number of hydrogen-bond donors (Lipinski definition) is 0. The SMILES string of the molecule is Cc1cc2c(cc1N1c3cc4c(cc3B3c5cc6c(cc5N(c5cccc7c5sc5ccccc57)c5cc(N(c7ccc(C(C)(C)C)cc7)c7ccc(C(C)(C)C)cc7)cc1c53)C(C)(C)c1ccccc1C6(C)C)C(C)(C)c1ccccc1C4(C)C)C(C)(C)CCC2(C)C. The van der Waals surface area contributed by atoms with Gasteiger partial charge in [-0.15, -0.1) is 11.3 Å². The van der Waals surface area contributed by atoms with Crippen molar-refractivity contribution in [3.05, 3.63) is 260 Å². The van der Waals surface area contributed by atoms with Crippen LogP contribution in [0.1, 0.15) is 210 Å². The maximum absolute atomic E-state index is 2.79. The Hall–Kier alpha value is -8.12. The molecule has 0 saturated heterocycles. The van der Waals surface area contributed by atoms with Crippen LogP contribution in [0.15, 0.2) is 188 Å². The van der Waals surface area contributed by atoms with E-state index in [-0.39, 0.29) is 50.0 Å². The summed E-state index contributed by atoms with van der Waals surface area (Å²) in [6.45, 7) is 46.1. The van der Waals surface area contributed by atoms with Crippen molar-refractivity contribution >= 4 is 106 Å². The molecular weight excluding hydrogens is 1150 g/mol. The molecule has 472 valence electrons. The second-order valence-electron chi connectivity index (χ2n) is 34.1. The van der Waals surface area contributed by atoms with E-state index in [0.29, 0.717) is 0 Å². The topological polar surface area (TPSA) is 9.72 Å². The first-order valence-corrected chi connectivity index (χ1v) is 35.5. The molecule has 0 amide bonds. The zero-order chi connectivity index (χ0) is 66.1. The fraction of sp³-hybridized carbons (Fsp3) is 0.326. The highest BCUT2D eigenvalue weighted by molar-refractivity contribution is 7.26. The Labute approximate surface area is 565 Å². The summed E-state index contributed by atoms with van der Waals surface area (Å²) in [5, 5.41) is 2.59. The van der Waals surface area contributed by atoms with E-state index < -0.39 is 0 Å². The molecule has 11 aromatic rings. The van der Waals surface area contributed by atoms with Crippen LogP contribution < -0.4 is 31.1 Å². The number of rotatable bonds is 5. The average molecular weight is 1250 g/mol. The van der Waals surface area contributed by atoms with E-state index in [2.05, 4.69) is 334 Å². The lowest BCUT2D eigenvalue weighted by Crippen LogP contribution is -2.62. The number of anilines is 9. The maximum Gasteiger partial charge on any atom is 0.252 e. The molecule has 0 spiro atoms. The average Bonchev–Trinajstić information content (AvgIpc) is 0.701. The Bertz CT molecular complexity index is 4950. The molecule has 16 rings (SSSR count). The molecule has 3 heterocycles.